The third kappa shape index (κ3) is 6.97. The van der Waals surface area contributed by atoms with Crippen molar-refractivity contribution < 1.29 is 81.2 Å². The summed E-state index contributed by atoms with van der Waals surface area (Å²) >= 11 is 0. The number of ether oxygens (including phenoxy) is 11. The number of benzene rings is 2. The average molecular weight is 731 g/mol. The molecule has 52 heavy (non-hydrogen) atoms. The van der Waals surface area contributed by atoms with Crippen molar-refractivity contribution in [2.45, 2.75) is 70.4 Å². The van der Waals surface area contributed by atoms with Crippen LogP contribution in [-0.2, 0) is 57.1 Å². The van der Waals surface area contributed by atoms with Crippen LogP contribution < -0.4 is 18.9 Å². The van der Waals surface area contributed by atoms with Crippen LogP contribution in [0.15, 0.2) is 24.3 Å². The Morgan fingerprint density at radius 3 is 1.92 bits per heavy atom. The maximum atomic E-state index is 13.7. The summed E-state index contributed by atoms with van der Waals surface area (Å²) in [5.41, 5.74) is 1.63. The molecule has 3 heterocycles. The first-order valence-corrected chi connectivity index (χ1v) is 16.3. The van der Waals surface area contributed by atoms with Crippen LogP contribution in [0.25, 0.3) is 0 Å². The molecule has 1 N–H and O–H groups in total. The highest BCUT2D eigenvalue weighted by molar-refractivity contribution is 5.79. The summed E-state index contributed by atoms with van der Waals surface area (Å²) in [6, 6.07) is 6.62. The van der Waals surface area contributed by atoms with E-state index in [1.165, 1.54) is 21.1 Å². The summed E-state index contributed by atoms with van der Waals surface area (Å²) < 4.78 is 62.8. The van der Waals surface area contributed by atoms with Crippen molar-refractivity contribution in [1.82, 2.24) is 0 Å². The zero-order valence-corrected chi connectivity index (χ0v) is 29.1. The van der Waals surface area contributed by atoms with E-state index in [-0.39, 0.29) is 30.6 Å². The fraction of sp³-hybridized carbons (Fsp3) is 0.514. The smallest absolute Gasteiger partial charge is 0.310 e. The fourth-order valence-corrected chi connectivity index (χ4v) is 7.22. The predicted octanol–water partition coefficient (Wildman–Crippen LogP) is 2.21. The van der Waals surface area contributed by atoms with Crippen LogP contribution in [0.5, 0.6) is 28.7 Å². The van der Waals surface area contributed by atoms with Gasteiger partial charge in [-0.05, 0) is 41.0 Å². The molecule has 2 aromatic rings. The normalized spacial score (nSPS) is 28.4. The van der Waals surface area contributed by atoms with Crippen LogP contribution >= 0.6 is 0 Å². The van der Waals surface area contributed by atoms with E-state index in [2.05, 4.69) is 0 Å². The zero-order chi connectivity index (χ0) is 37.4. The van der Waals surface area contributed by atoms with Gasteiger partial charge in [0.1, 0.15) is 12.7 Å². The molecule has 280 valence electrons. The van der Waals surface area contributed by atoms with Crippen molar-refractivity contribution in [3.63, 3.8) is 0 Å². The number of cyclic esters (lactones) is 1. The molecule has 2 aromatic carbocycles. The number of phenols is 1. The molecule has 4 aliphatic rings. The molecule has 0 aromatic heterocycles. The minimum Gasteiger partial charge on any atom is -0.502 e. The molecule has 9 atom stereocenters. The number of hydrogen-bond donors (Lipinski definition) is 1. The Bertz CT molecular complexity index is 1730. The molecule has 0 amide bonds. The van der Waals surface area contributed by atoms with Crippen molar-refractivity contribution in [2.75, 3.05) is 34.2 Å². The average Bonchev–Trinajstić information content (AvgIpc) is 3.71. The van der Waals surface area contributed by atoms with Crippen molar-refractivity contribution in [1.29, 1.82) is 0 Å². The molecule has 0 bridgehead atoms. The third-order valence-corrected chi connectivity index (χ3v) is 9.21. The second kappa shape index (κ2) is 14.7. The van der Waals surface area contributed by atoms with Gasteiger partial charge in [-0.1, -0.05) is 0 Å². The van der Waals surface area contributed by atoms with E-state index in [1.807, 2.05) is 0 Å². The predicted molar refractivity (Wildman–Crippen MR) is 169 cm³/mol. The SMILES string of the molecule is COc1cc([C@@H]2c3cc4c(cc3[C@@H](O[C@@H]3O[C@H](COC(C)=O)[C@@H](OC(C)=O)[C@H](OC(C)=O)[C@H]3OC(C)=O)[C@H]3COC(=O)[C@H]23)OCO4)cc(OC)c1O. The van der Waals surface area contributed by atoms with Gasteiger partial charge in [-0.15, -0.1) is 0 Å². The Hall–Kier alpha value is -5.29. The Kier molecular flexibility index (Phi) is 10.4. The van der Waals surface area contributed by atoms with E-state index in [9.17, 15) is 29.1 Å². The number of esters is 5. The Morgan fingerprint density at radius 2 is 1.35 bits per heavy atom. The minimum absolute atomic E-state index is 0.0656. The molecule has 6 rings (SSSR count). The van der Waals surface area contributed by atoms with Crippen LogP contribution in [0.1, 0.15) is 56.4 Å². The monoisotopic (exact) mass is 730 g/mol. The Balaban J connectivity index is 1.49. The van der Waals surface area contributed by atoms with Gasteiger partial charge in [0.25, 0.3) is 0 Å². The topological polar surface area (TPSA) is 207 Å². The molecule has 0 unspecified atom stereocenters. The maximum absolute atomic E-state index is 13.7. The molecule has 0 radical (unpaired) electrons. The Morgan fingerprint density at radius 1 is 0.769 bits per heavy atom. The summed E-state index contributed by atoms with van der Waals surface area (Å²) in [5.74, 6) is -5.14. The van der Waals surface area contributed by atoms with E-state index in [1.54, 1.807) is 24.3 Å². The van der Waals surface area contributed by atoms with Crippen molar-refractivity contribution in [3.8, 4) is 28.7 Å². The largest absolute Gasteiger partial charge is 0.502 e. The van der Waals surface area contributed by atoms with Crippen molar-refractivity contribution in [2.24, 2.45) is 11.8 Å². The fourth-order valence-electron chi connectivity index (χ4n) is 7.22. The summed E-state index contributed by atoms with van der Waals surface area (Å²) in [5, 5.41) is 10.7. The second-order valence-corrected chi connectivity index (χ2v) is 12.5. The zero-order valence-electron chi connectivity index (χ0n) is 29.1. The molecular weight excluding hydrogens is 692 g/mol. The van der Waals surface area contributed by atoms with Gasteiger partial charge in [0, 0.05) is 39.5 Å². The van der Waals surface area contributed by atoms with E-state index >= 15 is 0 Å². The first-order valence-electron chi connectivity index (χ1n) is 16.3. The van der Waals surface area contributed by atoms with Crippen molar-refractivity contribution in [3.05, 3.63) is 41.0 Å². The first-order chi connectivity index (χ1) is 24.8. The molecule has 0 saturated carbocycles. The molecule has 1 aliphatic carbocycles. The number of phenolic OH excluding ortho intramolecular Hbond substituents is 1. The van der Waals surface area contributed by atoms with E-state index in [0.717, 1.165) is 20.8 Å². The maximum Gasteiger partial charge on any atom is 0.310 e. The van der Waals surface area contributed by atoms with E-state index in [0.29, 0.717) is 28.2 Å². The molecule has 2 saturated heterocycles. The molecular formula is C35H38O17. The number of carbonyl (C=O) groups excluding carboxylic acids is 5. The quantitative estimate of drug-likeness (QED) is 0.275. The summed E-state index contributed by atoms with van der Waals surface area (Å²) in [6.07, 6.45) is -8.24. The van der Waals surface area contributed by atoms with E-state index < -0.39 is 91.0 Å². The summed E-state index contributed by atoms with van der Waals surface area (Å²) in [6.45, 7) is 3.89. The lowest BCUT2D eigenvalue weighted by Crippen LogP contribution is -2.63. The van der Waals surface area contributed by atoms with Gasteiger partial charge >= 0.3 is 29.8 Å². The van der Waals surface area contributed by atoms with E-state index in [4.69, 9.17) is 52.1 Å². The first kappa shape index (κ1) is 36.5. The number of aromatic hydroxyl groups is 1. The number of carbonyl (C=O) groups is 5. The van der Waals surface area contributed by atoms with Gasteiger partial charge in [-0.25, -0.2) is 0 Å². The summed E-state index contributed by atoms with van der Waals surface area (Å²) in [7, 11) is 2.77. The van der Waals surface area contributed by atoms with Crippen LogP contribution in [0, 0.1) is 11.8 Å². The van der Waals surface area contributed by atoms with Crippen LogP contribution in [-0.4, -0.2) is 99.9 Å². The van der Waals surface area contributed by atoms with Crippen LogP contribution in [0.2, 0.25) is 0 Å². The van der Waals surface area contributed by atoms with Gasteiger partial charge in [-0.3, -0.25) is 24.0 Å². The van der Waals surface area contributed by atoms with Gasteiger partial charge < -0.3 is 57.2 Å². The lowest BCUT2D eigenvalue weighted by molar-refractivity contribution is -0.322. The standard InChI is InChI=1S/C35H38O17/c1-14(36)44-12-26-31(48-15(2)37)32(49-16(3)38)33(50-17(4)39)35(51-26)52-30-20-10-23-22(46-13-47-23)9-19(20)27(28-21(30)11-45-34(28)41)18-7-24(42-5)29(40)25(8-18)43-6/h7-10,21,26-28,30-33,35,40H,11-13H2,1-6H3/t21-,26+,27+,28-,30+,31+,32-,33+,35-/m0/s1. The number of hydrogen-bond acceptors (Lipinski definition) is 17. The number of methoxy groups -OCH3 is 2. The van der Waals surface area contributed by atoms with Gasteiger partial charge in [-0.2, -0.15) is 0 Å². The molecule has 3 aliphatic heterocycles. The summed E-state index contributed by atoms with van der Waals surface area (Å²) in [4.78, 5) is 62.7. The van der Waals surface area contributed by atoms with Crippen molar-refractivity contribution >= 4 is 29.8 Å². The van der Waals surface area contributed by atoms with Gasteiger partial charge in [0.2, 0.25) is 12.5 Å². The van der Waals surface area contributed by atoms with Crippen LogP contribution in [0.4, 0.5) is 0 Å². The van der Waals surface area contributed by atoms with Gasteiger partial charge in [0.15, 0.2) is 47.6 Å². The van der Waals surface area contributed by atoms with Crippen LogP contribution in [0.3, 0.4) is 0 Å². The highest BCUT2D eigenvalue weighted by Gasteiger charge is 2.57. The third-order valence-electron chi connectivity index (χ3n) is 9.21. The second-order valence-electron chi connectivity index (χ2n) is 12.5. The molecule has 2 fully saturated rings. The lowest BCUT2D eigenvalue weighted by atomic mass is 9.66. The highest BCUT2D eigenvalue weighted by atomic mass is 16.7. The molecule has 0 spiro atoms. The Labute approximate surface area is 297 Å². The van der Waals surface area contributed by atoms with Gasteiger partial charge in [0.05, 0.1) is 32.8 Å². The number of fused-ring (bicyclic) bond motifs is 3. The number of rotatable bonds is 10. The molecule has 17 nitrogen and oxygen atoms in total. The lowest BCUT2D eigenvalue weighted by Gasteiger charge is -2.46. The molecule has 17 heteroatoms. The highest BCUT2D eigenvalue weighted by Crippen LogP contribution is 2.57. The minimum atomic E-state index is -1.55.